The van der Waals surface area contributed by atoms with E-state index < -0.39 is 0 Å². The lowest BCUT2D eigenvalue weighted by molar-refractivity contribution is 0.627. The summed E-state index contributed by atoms with van der Waals surface area (Å²) >= 11 is 5.80. The second-order valence-electron chi connectivity index (χ2n) is 4.00. The van der Waals surface area contributed by atoms with Gasteiger partial charge in [0, 0.05) is 17.3 Å². The zero-order chi connectivity index (χ0) is 12.3. The first-order valence-electron chi connectivity index (χ1n) is 5.39. The highest BCUT2D eigenvalue weighted by Gasteiger charge is 1.98. The highest BCUT2D eigenvalue weighted by atomic mass is 35.5. The molecule has 17 heavy (non-hydrogen) atoms. The normalized spacial score (nSPS) is 10.3. The fourth-order valence-electron chi connectivity index (χ4n) is 1.64. The Hall–Kier alpha value is -1.54. The summed E-state index contributed by atoms with van der Waals surface area (Å²) in [4.78, 5) is 0. The van der Waals surface area contributed by atoms with E-state index in [0.29, 0.717) is 6.54 Å². The number of aryl methyl sites for hydroxylation is 1. The van der Waals surface area contributed by atoms with Crippen LogP contribution >= 0.6 is 11.6 Å². The van der Waals surface area contributed by atoms with E-state index in [-0.39, 0.29) is 5.82 Å². The molecule has 0 aliphatic heterocycles. The Bertz CT molecular complexity index is 488. The highest BCUT2D eigenvalue weighted by Crippen LogP contribution is 2.15. The molecule has 2 rings (SSSR count). The minimum absolute atomic E-state index is 0.219. The van der Waals surface area contributed by atoms with Gasteiger partial charge in [0.1, 0.15) is 5.82 Å². The van der Waals surface area contributed by atoms with Crippen molar-refractivity contribution in [2.45, 2.75) is 13.5 Å². The van der Waals surface area contributed by atoms with E-state index in [1.165, 1.54) is 12.1 Å². The Morgan fingerprint density at radius 2 is 1.82 bits per heavy atom. The summed E-state index contributed by atoms with van der Waals surface area (Å²) in [5, 5.41) is 3.90. The summed E-state index contributed by atoms with van der Waals surface area (Å²) in [5.74, 6) is -0.219. The predicted octanol–water partition coefficient (Wildman–Crippen LogP) is 4.40. The second kappa shape index (κ2) is 5.19. The monoisotopic (exact) mass is 249 g/mol. The maximum Gasteiger partial charge on any atom is 0.125 e. The van der Waals surface area contributed by atoms with Gasteiger partial charge in [0.15, 0.2) is 0 Å². The minimum Gasteiger partial charge on any atom is -0.381 e. The molecule has 0 bridgehead atoms. The number of rotatable bonds is 3. The molecule has 0 aliphatic rings. The van der Waals surface area contributed by atoms with Crippen molar-refractivity contribution in [1.29, 1.82) is 0 Å². The van der Waals surface area contributed by atoms with Gasteiger partial charge in [0.25, 0.3) is 0 Å². The Morgan fingerprint density at radius 1 is 1.12 bits per heavy atom. The molecule has 0 atom stereocenters. The Balaban J connectivity index is 2.04. The van der Waals surface area contributed by atoms with Crippen molar-refractivity contribution >= 4 is 17.3 Å². The molecule has 0 radical (unpaired) electrons. The summed E-state index contributed by atoms with van der Waals surface area (Å²) in [6.07, 6.45) is 0. The van der Waals surface area contributed by atoms with Gasteiger partial charge in [-0.3, -0.25) is 0 Å². The Morgan fingerprint density at radius 3 is 2.47 bits per heavy atom. The topological polar surface area (TPSA) is 12.0 Å². The number of anilines is 1. The molecule has 0 aromatic heterocycles. The van der Waals surface area contributed by atoms with Crippen molar-refractivity contribution in [1.82, 2.24) is 0 Å². The van der Waals surface area contributed by atoms with E-state index in [1.54, 1.807) is 0 Å². The van der Waals surface area contributed by atoms with Crippen LogP contribution in [0.2, 0.25) is 5.02 Å². The number of nitrogens with one attached hydrogen (secondary N) is 1. The largest absolute Gasteiger partial charge is 0.381 e. The predicted molar refractivity (Wildman–Crippen MR) is 69.9 cm³/mol. The van der Waals surface area contributed by atoms with Gasteiger partial charge in [-0.25, -0.2) is 4.39 Å². The standard InChI is InChI=1S/C14H13ClFN/c1-10-6-13(16)8-14(7-10)17-9-11-2-4-12(15)5-3-11/h2-8,17H,9H2,1H3. The minimum atomic E-state index is -0.219. The average molecular weight is 250 g/mol. The van der Waals surface area contributed by atoms with Crippen LogP contribution in [0.25, 0.3) is 0 Å². The van der Waals surface area contributed by atoms with Gasteiger partial charge in [-0.05, 0) is 48.4 Å². The molecule has 0 saturated heterocycles. The first-order valence-corrected chi connectivity index (χ1v) is 5.77. The third-order valence-corrected chi connectivity index (χ3v) is 2.70. The van der Waals surface area contributed by atoms with Crippen LogP contribution < -0.4 is 5.32 Å². The lowest BCUT2D eigenvalue weighted by atomic mass is 10.2. The molecule has 0 fully saturated rings. The third-order valence-electron chi connectivity index (χ3n) is 2.45. The molecule has 0 saturated carbocycles. The van der Waals surface area contributed by atoms with E-state index in [9.17, 15) is 4.39 Å². The van der Waals surface area contributed by atoms with Gasteiger partial charge < -0.3 is 5.32 Å². The quantitative estimate of drug-likeness (QED) is 0.850. The summed E-state index contributed by atoms with van der Waals surface area (Å²) in [5.41, 5.74) is 2.80. The molecule has 0 heterocycles. The van der Waals surface area contributed by atoms with Gasteiger partial charge in [-0.15, -0.1) is 0 Å². The fourth-order valence-corrected chi connectivity index (χ4v) is 1.77. The smallest absolute Gasteiger partial charge is 0.125 e. The lowest BCUT2D eigenvalue weighted by Crippen LogP contribution is -1.99. The van der Waals surface area contributed by atoms with Crippen LogP contribution in [0.15, 0.2) is 42.5 Å². The van der Waals surface area contributed by atoms with E-state index in [0.717, 1.165) is 21.8 Å². The SMILES string of the molecule is Cc1cc(F)cc(NCc2ccc(Cl)cc2)c1. The summed E-state index contributed by atoms with van der Waals surface area (Å²) < 4.78 is 13.1. The number of halogens is 2. The van der Waals surface area contributed by atoms with Gasteiger partial charge in [0.2, 0.25) is 0 Å². The van der Waals surface area contributed by atoms with Crippen LogP contribution in [-0.4, -0.2) is 0 Å². The fraction of sp³-hybridized carbons (Fsp3) is 0.143. The molecule has 0 amide bonds. The molecule has 2 aromatic rings. The molecule has 3 heteroatoms. The molecular formula is C14H13ClFN. The molecular weight excluding hydrogens is 237 g/mol. The number of benzene rings is 2. The van der Waals surface area contributed by atoms with Gasteiger partial charge >= 0.3 is 0 Å². The van der Waals surface area contributed by atoms with Crippen molar-refractivity contribution in [3.63, 3.8) is 0 Å². The van der Waals surface area contributed by atoms with Crippen molar-refractivity contribution in [3.05, 3.63) is 64.4 Å². The molecule has 2 aromatic carbocycles. The van der Waals surface area contributed by atoms with Crippen molar-refractivity contribution in [2.75, 3.05) is 5.32 Å². The number of hydrogen-bond donors (Lipinski definition) is 1. The molecule has 1 N–H and O–H groups in total. The summed E-state index contributed by atoms with van der Waals surface area (Å²) in [6.45, 7) is 2.52. The highest BCUT2D eigenvalue weighted by molar-refractivity contribution is 6.30. The van der Waals surface area contributed by atoms with Crippen LogP contribution in [0.5, 0.6) is 0 Å². The molecule has 88 valence electrons. The van der Waals surface area contributed by atoms with Crippen molar-refractivity contribution in [3.8, 4) is 0 Å². The molecule has 0 aliphatic carbocycles. The van der Waals surface area contributed by atoms with Crippen LogP contribution in [0.3, 0.4) is 0 Å². The van der Waals surface area contributed by atoms with Gasteiger partial charge in [0.05, 0.1) is 0 Å². The van der Waals surface area contributed by atoms with E-state index in [4.69, 9.17) is 11.6 Å². The summed E-state index contributed by atoms with van der Waals surface area (Å²) in [7, 11) is 0. The maximum atomic E-state index is 13.1. The van der Waals surface area contributed by atoms with E-state index in [2.05, 4.69) is 5.32 Å². The van der Waals surface area contributed by atoms with Crippen molar-refractivity contribution < 1.29 is 4.39 Å². The van der Waals surface area contributed by atoms with Crippen LogP contribution in [-0.2, 0) is 6.54 Å². The zero-order valence-electron chi connectivity index (χ0n) is 9.50. The van der Waals surface area contributed by atoms with E-state index in [1.807, 2.05) is 37.3 Å². The van der Waals surface area contributed by atoms with Crippen LogP contribution in [0.4, 0.5) is 10.1 Å². The molecule has 0 spiro atoms. The van der Waals surface area contributed by atoms with Gasteiger partial charge in [-0.1, -0.05) is 23.7 Å². The summed E-state index contributed by atoms with van der Waals surface area (Å²) in [6, 6.07) is 12.5. The van der Waals surface area contributed by atoms with Crippen LogP contribution in [0, 0.1) is 12.7 Å². The van der Waals surface area contributed by atoms with Crippen LogP contribution in [0.1, 0.15) is 11.1 Å². The average Bonchev–Trinajstić information content (AvgIpc) is 2.27. The first kappa shape index (κ1) is 11.9. The molecule has 1 nitrogen and oxygen atoms in total. The Kier molecular flexibility index (Phi) is 3.64. The third kappa shape index (κ3) is 3.46. The Labute approximate surface area is 105 Å². The van der Waals surface area contributed by atoms with Gasteiger partial charge in [-0.2, -0.15) is 0 Å². The first-order chi connectivity index (χ1) is 8.13. The molecule has 0 unspecified atom stereocenters. The zero-order valence-corrected chi connectivity index (χ0v) is 10.3. The second-order valence-corrected chi connectivity index (χ2v) is 4.43. The lowest BCUT2D eigenvalue weighted by Gasteiger charge is -2.07. The number of hydrogen-bond acceptors (Lipinski definition) is 1. The van der Waals surface area contributed by atoms with E-state index >= 15 is 0 Å². The maximum absolute atomic E-state index is 13.1. The van der Waals surface area contributed by atoms with Crippen molar-refractivity contribution in [2.24, 2.45) is 0 Å².